The Balaban J connectivity index is 2.55. The molecule has 0 saturated heterocycles. The van der Waals surface area contributed by atoms with E-state index in [4.69, 9.17) is 21.1 Å². The van der Waals surface area contributed by atoms with Gasteiger partial charge in [-0.25, -0.2) is 9.59 Å². The fraction of sp³-hybridized carbons (Fsp3) is 0.474. The summed E-state index contributed by atoms with van der Waals surface area (Å²) in [6, 6.07) is 4.09. The Hall–Kier alpha value is -2.21. The number of esters is 1. The molecule has 2 amide bonds. The third-order valence-electron chi connectivity index (χ3n) is 3.81. The van der Waals surface area contributed by atoms with Crippen molar-refractivity contribution < 1.29 is 19.1 Å². The van der Waals surface area contributed by atoms with Crippen LogP contribution in [0.1, 0.15) is 52.1 Å². The molecular formula is C19H25ClN2O4. The summed E-state index contributed by atoms with van der Waals surface area (Å²) in [5.74, 6) is 0.101. The predicted octanol–water partition coefficient (Wildman–Crippen LogP) is 4.10. The highest BCUT2D eigenvalue weighted by atomic mass is 35.5. The van der Waals surface area contributed by atoms with Crippen molar-refractivity contribution in [3.63, 3.8) is 0 Å². The van der Waals surface area contributed by atoms with Gasteiger partial charge >= 0.3 is 12.0 Å². The lowest BCUT2D eigenvalue weighted by molar-refractivity contribution is -0.143. The van der Waals surface area contributed by atoms with Crippen molar-refractivity contribution in [2.75, 3.05) is 6.61 Å². The van der Waals surface area contributed by atoms with Gasteiger partial charge in [-0.3, -0.25) is 0 Å². The van der Waals surface area contributed by atoms with Crippen LogP contribution in [-0.4, -0.2) is 24.7 Å². The summed E-state index contributed by atoms with van der Waals surface area (Å²) in [6.07, 6.45) is 1.04. The molecule has 1 aromatic rings. The highest BCUT2D eigenvalue weighted by Crippen LogP contribution is 2.36. The van der Waals surface area contributed by atoms with Crippen molar-refractivity contribution in [1.29, 1.82) is 0 Å². The van der Waals surface area contributed by atoms with Crippen molar-refractivity contribution in [2.45, 2.75) is 52.7 Å². The van der Waals surface area contributed by atoms with Gasteiger partial charge in [0, 0.05) is 16.3 Å². The van der Waals surface area contributed by atoms with E-state index < -0.39 is 12.0 Å². The fourth-order valence-corrected chi connectivity index (χ4v) is 2.92. The molecule has 0 spiro atoms. The lowest BCUT2D eigenvalue weighted by Crippen LogP contribution is -2.46. The molecule has 1 aliphatic heterocycles. The van der Waals surface area contributed by atoms with E-state index in [1.807, 2.05) is 13.8 Å². The summed E-state index contributed by atoms with van der Waals surface area (Å²) in [5, 5.41) is 5.99. The molecule has 1 aromatic carbocycles. The van der Waals surface area contributed by atoms with Crippen LogP contribution in [0.15, 0.2) is 29.5 Å². The monoisotopic (exact) mass is 380 g/mol. The molecule has 2 rings (SSSR count). The van der Waals surface area contributed by atoms with Crippen LogP contribution in [0, 0.1) is 0 Å². The highest BCUT2D eigenvalue weighted by molar-refractivity contribution is 6.30. The summed E-state index contributed by atoms with van der Waals surface area (Å²) >= 11 is 6.17. The number of hydrogen-bond donors (Lipinski definition) is 2. The third kappa shape index (κ3) is 4.69. The first-order valence-corrected chi connectivity index (χ1v) is 9.18. The first kappa shape index (κ1) is 20.1. The number of rotatable bonds is 7. The normalized spacial score (nSPS) is 17.0. The van der Waals surface area contributed by atoms with E-state index in [0.717, 1.165) is 6.42 Å². The predicted molar refractivity (Wildman–Crippen MR) is 100 cm³/mol. The van der Waals surface area contributed by atoms with Crippen LogP contribution in [0.2, 0.25) is 5.02 Å². The van der Waals surface area contributed by atoms with Gasteiger partial charge in [0.05, 0.1) is 24.3 Å². The largest absolute Gasteiger partial charge is 0.493 e. The van der Waals surface area contributed by atoms with E-state index in [-0.39, 0.29) is 12.1 Å². The van der Waals surface area contributed by atoms with Gasteiger partial charge in [0.15, 0.2) is 0 Å². The molecule has 0 fully saturated rings. The molecule has 0 aliphatic carbocycles. The van der Waals surface area contributed by atoms with Crippen LogP contribution in [0.5, 0.6) is 5.75 Å². The molecule has 1 atom stereocenters. The molecule has 1 unspecified atom stereocenters. The minimum absolute atomic E-state index is 0.276. The van der Waals surface area contributed by atoms with Crippen LogP contribution in [0.25, 0.3) is 0 Å². The Morgan fingerprint density at radius 1 is 1.31 bits per heavy atom. The highest BCUT2D eigenvalue weighted by Gasteiger charge is 2.35. The molecule has 0 aromatic heterocycles. The van der Waals surface area contributed by atoms with Gasteiger partial charge in [-0.15, -0.1) is 0 Å². The summed E-state index contributed by atoms with van der Waals surface area (Å²) in [5.41, 5.74) is 1.53. The summed E-state index contributed by atoms with van der Waals surface area (Å²) in [6.45, 7) is 7.95. The molecule has 1 heterocycles. The number of urea groups is 1. The molecule has 142 valence electrons. The number of allylic oxidation sites excluding steroid dienone is 1. The molecule has 6 nitrogen and oxygen atoms in total. The zero-order valence-electron chi connectivity index (χ0n) is 15.5. The Morgan fingerprint density at radius 3 is 2.65 bits per heavy atom. The molecule has 26 heavy (non-hydrogen) atoms. The Bertz CT molecular complexity index is 715. The zero-order chi connectivity index (χ0) is 19.3. The van der Waals surface area contributed by atoms with E-state index in [1.54, 1.807) is 32.0 Å². The molecule has 1 aliphatic rings. The van der Waals surface area contributed by atoms with Gasteiger partial charge in [0.25, 0.3) is 0 Å². The van der Waals surface area contributed by atoms with Crippen LogP contribution in [-0.2, 0) is 9.53 Å². The van der Waals surface area contributed by atoms with Gasteiger partial charge in [-0.1, -0.05) is 25.4 Å². The Kier molecular flexibility index (Phi) is 6.91. The van der Waals surface area contributed by atoms with Crippen molar-refractivity contribution in [3.8, 4) is 5.75 Å². The maximum Gasteiger partial charge on any atom is 0.338 e. The van der Waals surface area contributed by atoms with Gasteiger partial charge in [-0.2, -0.15) is 0 Å². The molecule has 2 N–H and O–H groups in total. The smallest absolute Gasteiger partial charge is 0.338 e. The minimum Gasteiger partial charge on any atom is -0.493 e. The number of benzene rings is 1. The van der Waals surface area contributed by atoms with Crippen molar-refractivity contribution in [3.05, 3.63) is 40.1 Å². The number of carbonyl (C=O) groups excluding carboxylic acids is 2. The Labute approximate surface area is 158 Å². The van der Waals surface area contributed by atoms with Gasteiger partial charge in [-0.05, 0) is 44.9 Å². The van der Waals surface area contributed by atoms with Gasteiger partial charge in [0.2, 0.25) is 0 Å². The SMILES string of the molecule is CCCOc1ccc(Cl)cc1C1NC(=O)NC(CC)=C1C(=O)OC(C)C. The second kappa shape index (κ2) is 8.94. The van der Waals surface area contributed by atoms with Crippen LogP contribution in [0.4, 0.5) is 4.79 Å². The molecular weight excluding hydrogens is 356 g/mol. The first-order chi connectivity index (χ1) is 12.4. The molecule has 0 saturated carbocycles. The average molecular weight is 381 g/mol. The molecule has 7 heteroatoms. The number of nitrogens with one attached hydrogen (secondary N) is 2. The van der Waals surface area contributed by atoms with E-state index in [9.17, 15) is 9.59 Å². The number of amides is 2. The number of halogens is 1. The first-order valence-electron chi connectivity index (χ1n) is 8.81. The second-order valence-electron chi connectivity index (χ2n) is 6.26. The van der Waals surface area contributed by atoms with Gasteiger partial charge < -0.3 is 20.1 Å². The van der Waals surface area contributed by atoms with Crippen molar-refractivity contribution in [2.24, 2.45) is 0 Å². The minimum atomic E-state index is -0.699. The zero-order valence-corrected chi connectivity index (χ0v) is 16.3. The van der Waals surface area contributed by atoms with Crippen LogP contribution >= 0.6 is 11.6 Å². The maximum atomic E-state index is 12.7. The summed E-state index contributed by atoms with van der Waals surface area (Å²) in [4.78, 5) is 24.9. The fourth-order valence-electron chi connectivity index (χ4n) is 2.74. The van der Waals surface area contributed by atoms with Crippen LogP contribution in [0.3, 0.4) is 0 Å². The summed E-state index contributed by atoms with van der Waals surface area (Å²) < 4.78 is 11.2. The lowest BCUT2D eigenvalue weighted by Gasteiger charge is -2.30. The average Bonchev–Trinajstić information content (AvgIpc) is 2.59. The third-order valence-corrected chi connectivity index (χ3v) is 4.05. The lowest BCUT2D eigenvalue weighted by atomic mass is 9.93. The quantitative estimate of drug-likeness (QED) is 0.698. The van der Waals surface area contributed by atoms with E-state index >= 15 is 0 Å². The van der Waals surface area contributed by atoms with E-state index in [2.05, 4.69) is 10.6 Å². The standard InChI is InChI=1S/C19H25ClN2O4/c1-5-9-25-15-8-7-12(20)10-13(15)17-16(18(23)26-11(3)4)14(6-2)21-19(24)22-17/h7-8,10-11,17H,5-6,9H2,1-4H3,(H2,21,22,24). The second-order valence-corrected chi connectivity index (χ2v) is 6.70. The number of carbonyl (C=O) groups is 2. The number of hydrogen-bond acceptors (Lipinski definition) is 4. The van der Waals surface area contributed by atoms with E-state index in [1.165, 1.54) is 0 Å². The Morgan fingerprint density at radius 2 is 2.04 bits per heavy atom. The molecule has 0 bridgehead atoms. The number of ether oxygens (including phenoxy) is 2. The van der Waals surface area contributed by atoms with Crippen molar-refractivity contribution >= 4 is 23.6 Å². The van der Waals surface area contributed by atoms with Gasteiger partial charge in [0.1, 0.15) is 5.75 Å². The molecule has 0 radical (unpaired) electrons. The van der Waals surface area contributed by atoms with Crippen molar-refractivity contribution in [1.82, 2.24) is 10.6 Å². The summed E-state index contributed by atoms with van der Waals surface area (Å²) in [7, 11) is 0. The maximum absolute atomic E-state index is 12.7. The topological polar surface area (TPSA) is 76.7 Å². The van der Waals surface area contributed by atoms with E-state index in [0.29, 0.717) is 40.6 Å². The van der Waals surface area contributed by atoms with Crippen LogP contribution < -0.4 is 15.4 Å².